The molecule has 0 spiro atoms. The zero-order valence-corrected chi connectivity index (χ0v) is 18.7. The molecule has 170 valence electrons. The summed E-state index contributed by atoms with van der Waals surface area (Å²) in [5.41, 5.74) is 4.75. The highest BCUT2D eigenvalue weighted by molar-refractivity contribution is 7.89. The molecule has 0 unspecified atom stereocenters. The van der Waals surface area contributed by atoms with Gasteiger partial charge >= 0.3 is 0 Å². The SMILES string of the molecule is [NH3+]CCCNc1nc(CN2CCN(S(=O)(=O)c3ccccc3F)CC2)nc2ccccc12. The van der Waals surface area contributed by atoms with Crippen molar-refractivity contribution in [2.45, 2.75) is 17.9 Å². The van der Waals surface area contributed by atoms with Crippen LogP contribution in [0, 0.1) is 5.82 Å². The number of nitrogens with zero attached hydrogens (tertiary/aromatic N) is 4. The van der Waals surface area contributed by atoms with Crippen molar-refractivity contribution in [1.82, 2.24) is 19.2 Å². The maximum Gasteiger partial charge on any atom is 0.246 e. The molecule has 1 saturated heterocycles. The largest absolute Gasteiger partial charge is 0.369 e. The zero-order chi connectivity index (χ0) is 22.6. The van der Waals surface area contributed by atoms with E-state index >= 15 is 0 Å². The molecule has 0 aliphatic carbocycles. The smallest absolute Gasteiger partial charge is 0.246 e. The Morgan fingerprint density at radius 2 is 1.72 bits per heavy atom. The molecular formula is C22H28FN6O2S+. The fourth-order valence-corrected chi connectivity index (χ4v) is 5.27. The molecule has 0 bridgehead atoms. The molecule has 8 nitrogen and oxygen atoms in total. The van der Waals surface area contributed by atoms with E-state index in [1.54, 1.807) is 0 Å². The Kier molecular flexibility index (Phi) is 6.95. The standard InChI is InChI=1S/C22H27FN6O2S/c23-18-7-2-4-9-20(18)32(30,31)29-14-12-28(13-15-29)16-21-26-19-8-3-1-6-17(19)22(27-21)25-11-5-10-24/h1-4,6-9H,5,10-16,24H2,(H,25,26,27)/p+1. The summed E-state index contributed by atoms with van der Waals surface area (Å²) >= 11 is 0. The normalized spacial score (nSPS) is 15.8. The maximum absolute atomic E-state index is 14.0. The Morgan fingerprint density at radius 1 is 1.00 bits per heavy atom. The monoisotopic (exact) mass is 459 g/mol. The number of nitrogens with one attached hydrogen (secondary N) is 1. The minimum absolute atomic E-state index is 0.274. The fraction of sp³-hybridized carbons (Fsp3) is 0.364. The van der Waals surface area contributed by atoms with Crippen LogP contribution in [-0.2, 0) is 16.6 Å². The number of sulfonamides is 1. The van der Waals surface area contributed by atoms with Crippen LogP contribution in [0.5, 0.6) is 0 Å². The summed E-state index contributed by atoms with van der Waals surface area (Å²) in [6.45, 7) is 3.78. The highest BCUT2D eigenvalue weighted by atomic mass is 32.2. The van der Waals surface area contributed by atoms with Gasteiger partial charge in [-0.1, -0.05) is 24.3 Å². The van der Waals surface area contributed by atoms with E-state index in [4.69, 9.17) is 9.97 Å². The Labute approximate surface area is 187 Å². The van der Waals surface area contributed by atoms with Crippen LogP contribution in [0.4, 0.5) is 10.2 Å². The topological polar surface area (TPSA) is 106 Å². The van der Waals surface area contributed by atoms with E-state index in [1.807, 2.05) is 24.3 Å². The molecule has 0 amide bonds. The van der Waals surface area contributed by atoms with Gasteiger partial charge in [0, 0.05) is 44.5 Å². The van der Waals surface area contributed by atoms with E-state index in [-0.39, 0.29) is 4.90 Å². The van der Waals surface area contributed by atoms with Gasteiger partial charge in [-0.3, -0.25) is 4.90 Å². The van der Waals surface area contributed by atoms with E-state index in [0.29, 0.717) is 38.5 Å². The van der Waals surface area contributed by atoms with E-state index in [1.165, 1.54) is 28.6 Å². The first-order valence-corrected chi connectivity index (χ1v) is 12.2. The molecule has 0 saturated carbocycles. The summed E-state index contributed by atoms with van der Waals surface area (Å²) < 4.78 is 41.0. The number of rotatable bonds is 8. The second-order valence-corrected chi connectivity index (χ2v) is 9.66. The number of hydrogen-bond acceptors (Lipinski definition) is 6. The number of benzene rings is 2. The zero-order valence-electron chi connectivity index (χ0n) is 17.9. The summed E-state index contributed by atoms with van der Waals surface area (Å²) in [6.07, 6.45) is 0.951. The van der Waals surface area contributed by atoms with Crippen LogP contribution >= 0.6 is 0 Å². The number of para-hydroxylation sites is 1. The van der Waals surface area contributed by atoms with Gasteiger partial charge in [-0.05, 0) is 24.3 Å². The Balaban J connectivity index is 1.45. The van der Waals surface area contributed by atoms with Gasteiger partial charge in [0.1, 0.15) is 22.4 Å². The van der Waals surface area contributed by atoms with Crippen LogP contribution in [0.15, 0.2) is 53.4 Å². The van der Waals surface area contributed by atoms with Crippen molar-refractivity contribution in [3.8, 4) is 0 Å². The molecule has 3 aromatic rings. The molecule has 1 aromatic heterocycles. The lowest BCUT2D eigenvalue weighted by Crippen LogP contribution is -2.50. The van der Waals surface area contributed by atoms with Crippen LogP contribution in [0.2, 0.25) is 0 Å². The van der Waals surface area contributed by atoms with E-state index in [2.05, 4.69) is 16.0 Å². The number of quaternary nitrogens is 1. The van der Waals surface area contributed by atoms with Gasteiger partial charge in [0.15, 0.2) is 0 Å². The van der Waals surface area contributed by atoms with E-state index < -0.39 is 15.8 Å². The van der Waals surface area contributed by atoms with Crippen LogP contribution < -0.4 is 11.1 Å². The third-order valence-electron chi connectivity index (χ3n) is 5.52. The number of anilines is 1. The third-order valence-corrected chi connectivity index (χ3v) is 7.45. The fourth-order valence-electron chi connectivity index (χ4n) is 3.78. The first kappa shape index (κ1) is 22.5. The first-order valence-electron chi connectivity index (χ1n) is 10.7. The molecule has 0 atom stereocenters. The highest BCUT2D eigenvalue weighted by Gasteiger charge is 2.30. The average Bonchev–Trinajstić information content (AvgIpc) is 2.80. The Morgan fingerprint density at radius 3 is 2.47 bits per heavy atom. The lowest BCUT2D eigenvalue weighted by Gasteiger charge is -2.33. The van der Waals surface area contributed by atoms with Crippen LogP contribution in [0.3, 0.4) is 0 Å². The van der Waals surface area contributed by atoms with Crippen molar-refractivity contribution in [2.75, 3.05) is 44.6 Å². The van der Waals surface area contributed by atoms with Crippen molar-refractivity contribution < 1.29 is 18.5 Å². The van der Waals surface area contributed by atoms with Gasteiger partial charge in [-0.15, -0.1) is 0 Å². The van der Waals surface area contributed by atoms with Crippen molar-refractivity contribution in [1.29, 1.82) is 0 Å². The molecular weight excluding hydrogens is 431 g/mol. The molecule has 2 heterocycles. The van der Waals surface area contributed by atoms with Gasteiger partial charge in [0.25, 0.3) is 0 Å². The van der Waals surface area contributed by atoms with Crippen LogP contribution in [-0.4, -0.2) is 66.9 Å². The first-order chi connectivity index (χ1) is 15.5. The Bertz CT molecular complexity index is 1180. The van der Waals surface area contributed by atoms with Crippen molar-refractivity contribution in [3.05, 3.63) is 60.2 Å². The molecule has 4 rings (SSSR count). The maximum atomic E-state index is 14.0. The number of hydrogen-bond donors (Lipinski definition) is 2. The Hall–Kier alpha value is -2.66. The quantitative estimate of drug-likeness (QED) is 0.492. The summed E-state index contributed by atoms with van der Waals surface area (Å²) in [6, 6.07) is 13.4. The molecule has 2 aromatic carbocycles. The van der Waals surface area contributed by atoms with Gasteiger partial charge in [0.05, 0.1) is 18.6 Å². The molecule has 32 heavy (non-hydrogen) atoms. The molecule has 10 heteroatoms. The molecule has 4 N–H and O–H groups in total. The predicted molar refractivity (Wildman–Crippen MR) is 121 cm³/mol. The molecule has 0 radical (unpaired) electrons. The lowest BCUT2D eigenvalue weighted by molar-refractivity contribution is -0.367. The van der Waals surface area contributed by atoms with Crippen molar-refractivity contribution >= 4 is 26.7 Å². The average molecular weight is 460 g/mol. The summed E-state index contributed by atoms with van der Waals surface area (Å²) in [5.74, 6) is 0.768. The molecule has 1 aliphatic rings. The number of aromatic nitrogens is 2. The third kappa shape index (κ3) is 4.88. The van der Waals surface area contributed by atoms with Crippen molar-refractivity contribution in [3.63, 3.8) is 0 Å². The summed E-state index contributed by atoms with van der Waals surface area (Å²) in [7, 11) is -3.85. The summed E-state index contributed by atoms with van der Waals surface area (Å²) in [5, 5.41) is 4.36. The minimum Gasteiger partial charge on any atom is -0.369 e. The lowest BCUT2D eigenvalue weighted by atomic mass is 10.2. The summed E-state index contributed by atoms with van der Waals surface area (Å²) in [4.78, 5) is 11.3. The molecule has 1 aliphatic heterocycles. The van der Waals surface area contributed by atoms with Gasteiger partial charge < -0.3 is 11.1 Å². The number of fused-ring (bicyclic) bond motifs is 1. The second-order valence-electron chi connectivity index (χ2n) is 7.75. The highest BCUT2D eigenvalue weighted by Crippen LogP contribution is 2.23. The second kappa shape index (κ2) is 9.86. The minimum atomic E-state index is -3.85. The van der Waals surface area contributed by atoms with Gasteiger partial charge in [-0.2, -0.15) is 4.31 Å². The van der Waals surface area contributed by atoms with Gasteiger partial charge in [-0.25, -0.2) is 22.8 Å². The van der Waals surface area contributed by atoms with Crippen LogP contribution in [0.1, 0.15) is 12.2 Å². The van der Waals surface area contributed by atoms with Gasteiger partial charge in [0.2, 0.25) is 10.0 Å². The van der Waals surface area contributed by atoms with Crippen LogP contribution in [0.25, 0.3) is 10.9 Å². The number of halogens is 1. The van der Waals surface area contributed by atoms with E-state index in [0.717, 1.165) is 36.2 Å². The number of piperazine rings is 1. The van der Waals surface area contributed by atoms with Crippen molar-refractivity contribution in [2.24, 2.45) is 0 Å². The predicted octanol–water partition coefficient (Wildman–Crippen LogP) is 1.32. The van der Waals surface area contributed by atoms with E-state index in [9.17, 15) is 12.8 Å². The molecule has 1 fully saturated rings.